The zero-order chi connectivity index (χ0) is 19.2. The number of hydrogen-bond acceptors (Lipinski definition) is 5. The van der Waals surface area contributed by atoms with Crippen molar-refractivity contribution < 1.29 is 14.3 Å². The van der Waals surface area contributed by atoms with Crippen molar-refractivity contribution in [1.82, 2.24) is 10.3 Å². The fourth-order valence-corrected chi connectivity index (χ4v) is 3.11. The van der Waals surface area contributed by atoms with Gasteiger partial charge < -0.3 is 10.1 Å². The average molecular weight is 362 g/mol. The Bertz CT molecular complexity index is 972. The molecule has 4 rings (SSSR count). The number of nitrogens with zero attached hydrogens (tertiary/aromatic N) is 3. The quantitative estimate of drug-likeness (QED) is 0.841. The Morgan fingerprint density at radius 3 is 2.59 bits per heavy atom. The Labute approximate surface area is 156 Å². The van der Waals surface area contributed by atoms with E-state index in [2.05, 4.69) is 16.4 Å². The molecule has 1 aliphatic heterocycles. The van der Waals surface area contributed by atoms with Crippen molar-refractivity contribution in [3.63, 3.8) is 0 Å². The standard InChI is InChI=1S/C20H18N4O3/c1-20(2)18(25)24(19(26)23-20)14-6-8-17(22-11-14)27-15-7-5-13(10-21)16(9-15)12-3-4-12/h5-9,11-12H,3-4H2,1-2H3,(H,23,26). The van der Waals surface area contributed by atoms with E-state index in [1.165, 1.54) is 6.20 Å². The topological polar surface area (TPSA) is 95.3 Å². The van der Waals surface area contributed by atoms with Crippen molar-refractivity contribution in [3.8, 4) is 17.7 Å². The molecular formula is C20H18N4O3. The lowest BCUT2D eigenvalue weighted by Gasteiger charge is -2.16. The predicted molar refractivity (Wildman–Crippen MR) is 97.5 cm³/mol. The SMILES string of the molecule is CC1(C)NC(=O)N(c2ccc(Oc3ccc(C#N)c(C4CC4)c3)nc2)C1=O. The van der Waals surface area contributed by atoms with Gasteiger partial charge in [-0.05, 0) is 62.4 Å². The maximum Gasteiger partial charge on any atom is 0.329 e. The van der Waals surface area contributed by atoms with Gasteiger partial charge in [-0.15, -0.1) is 0 Å². The molecule has 27 heavy (non-hydrogen) atoms. The Balaban J connectivity index is 1.54. The van der Waals surface area contributed by atoms with E-state index in [1.807, 2.05) is 6.07 Å². The number of nitrogens with one attached hydrogen (secondary N) is 1. The lowest BCUT2D eigenvalue weighted by Crippen LogP contribution is -2.40. The van der Waals surface area contributed by atoms with E-state index >= 15 is 0 Å². The molecule has 2 aliphatic rings. The number of rotatable bonds is 4. The van der Waals surface area contributed by atoms with Crippen molar-refractivity contribution in [2.75, 3.05) is 4.90 Å². The third-order valence-corrected chi connectivity index (χ3v) is 4.72. The number of anilines is 1. The molecule has 2 fully saturated rings. The highest BCUT2D eigenvalue weighted by atomic mass is 16.5. The Morgan fingerprint density at radius 1 is 1.26 bits per heavy atom. The summed E-state index contributed by atoms with van der Waals surface area (Å²) in [5.74, 6) is 1.05. The Kier molecular flexibility index (Phi) is 3.84. The lowest BCUT2D eigenvalue weighted by molar-refractivity contribution is -0.121. The summed E-state index contributed by atoms with van der Waals surface area (Å²) in [5, 5.41) is 11.9. The van der Waals surface area contributed by atoms with Crippen LogP contribution in [-0.2, 0) is 4.79 Å². The maximum absolute atomic E-state index is 12.3. The van der Waals surface area contributed by atoms with Crippen LogP contribution in [0.2, 0.25) is 0 Å². The lowest BCUT2D eigenvalue weighted by atomic mass is 10.0. The van der Waals surface area contributed by atoms with E-state index in [0.717, 1.165) is 23.3 Å². The van der Waals surface area contributed by atoms with Gasteiger partial charge in [0.2, 0.25) is 5.88 Å². The van der Waals surface area contributed by atoms with Crippen LogP contribution in [0.1, 0.15) is 43.7 Å². The number of carbonyl (C=O) groups excluding carboxylic acids is 2. The second kappa shape index (κ2) is 6.09. The summed E-state index contributed by atoms with van der Waals surface area (Å²) in [6.45, 7) is 3.31. The number of benzene rings is 1. The van der Waals surface area contributed by atoms with E-state index in [-0.39, 0.29) is 5.91 Å². The number of aromatic nitrogens is 1. The molecule has 1 saturated carbocycles. The molecule has 1 aromatic carbocycles. The van der Waals surface area contributed by atoms with E-state index in [1.54, 1.807) is 38.1 Å². The summed E-state index contributed by atoms with van der Waals surface area (Å²) in [4.78, 5) is 29.7. The van der Waals surface area contributed by atoms with Crippen LogP contribution in [0.15, 0.2) is 36.5 Å². The van der Waals surface area contributed by atoms with Crippen molar-refractivity contribution in [1.29, 1.82) is 5.26 Å². The van der Waals surface area contributed by atoms with Gasteiger partial charge in [-0.3, -0.25) is 4.79 Å². The molecule has 7 heteroatoms. The van der Waals surface area contributed by atoms with Gasteiger partial charge in [0.15, 0.2) is 0 Å². The van der Waals surface area contributed by atoms with Crippen LogP contribution in [-0.4, -0.2) is 22.5 Å². The number of carbonyl (C=O) groups is 2. The molecule has 0 spiro atoms. The number of amides is 3. The largest absolute Gasteiger partial charge is 0.439 e. The van der Waals surface area contributed by atoms with E-state index in [0.29, 0.717) is 28.8 Å². The van der Waals surface area contributed by atoms with Crippen molar-refractivity contribution in [3.05, 3.63) is 47.7 Å². The highest BCUT2D eigenvalue weighted by Gasteiger charge is 2.45. The van der Waals surface area contributed by atoms with Crippen molar-refractivity contribution in [2.24, 2.45) is 0 Å². The average Bonchev–Trinajstić information content (AvgIpc) is 3.45. The minimum Gasteiger partial charge on any atom is -0.439 e. The van der Waals surface area contributed by atoms with Crippen molar-refractivity contribution >= 4 is 17.6 Å². The van der Waals surface area contributed by atoms with Gasteiger partial charge in [0.05, 0.1) is 23.5 Å². The van der Waals surface area contributed by atoms with Crippen LogP contribution in [0, 0.1) is 11.3 Å². The summed E-state index contributed by atoms with van der Waals surface area (Å²) in [6.07, 6.45) is 3.61. The van der Waals surface area contributed by atoms with Gasteiger partial charge in [0, 0.05) is 6.07 Å². The molecule has 0 bridgehead atoms. The van der Waals surface area contributed by atoms with E-state index in [9.17, 15) is 14.9 Å². The van der Waals surface area contributed by atoms with Crippen LogP contribution in [0.4, 0.5) is 10.5 Å². The monoisotopic (exact) mass is 362 g/mol. The maximum atomic E-state index is 12.3. The predicted octanol–water partition coefficient (Wildman–Crippen LogP) is 3.46. The van der Waals surface area contributed by atoms with E-state index < -0.39 is 11.6 Å². The molecule has 136 valence electrons. The summed E-state index contributed by atoms with van der Waals surface area (Å²) in [6, 6.07) is 10.3. The fourth-order valence-electron chi connectivity index (χ4n) is 3.11. The van der Waals surface area contributed by atoms with Crippen LogP contribution >= 0.6 is 0 Å². The zero-order valence-electron chi connectivity index (χ0n) is 15.0. The normalized spacial score (nSPS) is 18.2. The first kappa shape index (κ1) is 17.0. The number of pyridine rings is 1. The number of ether oxygens (including phenoxy) is 1. The molecule has 2 heterocycles. The molecule has 1 saturated heterocycles. The summed E-state index contributed by atoms with van der Waals surface area (Å²) >= 11 is 0. The van der Waals surface area contributed by atoms with Crippen LogP contribution in [0.3, 0.4) is 0 Å². The molecule has 2 aromatic rings. The molecule has 0 atom stereocenters. The summed E-state index contributed by atoms with van der Waals surface area (Å²) in [5.41, 5.74) is 1.13. The zero-order valence-corrected chi connectivity index (χ0v) is 15.0. The van der Waals surface area contributed by atoms with Gasteiger partial charge in [0.25, 0.3) is 5.91 Å². The number of imide groups is 1. The Morgan fingerprint density at radius 2 is 2.04 bits per heavy atom. The third kappa shape index (κ3) is 3.10. The van der Waals surface area contributed by atoms with Gasteiger partial charge in [0.1, 0.15) is 11.3 Å². The number of nitriles is 1. The molecule has 1 aromatic heterocycles. The highest BCUT2D eigenvalue weighted by Crippen LogP contribution is 2.43. The van der Waals surface area contributed by atoms with E-state index in [4.69, 9.17) is 4.74 Å². The molecule has 1 aliphatic carbocycles. The van der Waals surface area contributed by atoms with Gasteiger partial charge in [-0.1, -0.05) is 0 Å². The minimum absolute atomic E-state index is 0.330. The first-order valence-corrected chi connectivity index (χ1v) is 8.74. The molecule has 7 nitrogen and oxygen atoms in total. The minimum atomic E-state index is -0.937. The molecule has 1 N–H and O–H groups in total. The summed E-state index contributed by atoms with van der Waals surface area (Å²) in [7, 11) is 0. The van der Waals surface area contributed by atoms with Gasteiger partial charge in [-0.25, -0.2) is 14.7 Å². The van der Waals surface area contributed by atoms with Gasteiger partial charge >= 0.3 is 6.03 Å². The van der Waals surface area contributed by atoms with Crippen LogP contribution < -0.4 is 15.0 Å². The third-order valence-electron chi connectivity index (χ3n) is 4.72. The molecule has 0 unspecified atom stereocenters. The van der Waals surface area contributed by atoms with Crippen LogP contribution in [0.5, 0.6) is 11.6 Å². The number of hydrogen-bond donors (Lipinski definition) is 1. The fraction of sp³-hybridized carbons (Fsp3) is 0.300. The second-order valence-corrected chi connectivity index (χ2v) is 7.29. The molecule has 0 radical (unpaired) electrons. The smallest absolute Gasteiger partial charge is 0.329 e. The first-order chi connectivity index (χ1) is 12.9. The van der Waals surface area contributed by atoms with Crippen molar-refractivity contribution in [2.45, 2.75) is 38.1 Å². The Hall–Kier alpha value is -3.40. The number of urea groups is 1. The first-order valence-electron chi connectivity index (χ1n) is 8.74. The highest BCUT2D eigenvalue weighted by molar-refractivity contribution is 6.22. The molecule has 3 amide bonds. The second-order valence-electron chi connectivity index (χ2n) is 7.29. The molecular weight excluding hydrogens is 344 g/mol. The van der Waals surface area contributed by atoms with Crippen LogP contribution in [0.25, 0.3) is 0 Å². The van der Waals surface area contributed by atoms with Gasteiger partial charge in [-0.2, -0.15) is 5.26 Å². The summed E-state index contributed by atoms with van der Waals surface area (Å²) < 4.78 is 5.78.